The number of halogens is 2. The molecule has 23 heavy (non-hydrogen) atoms. The molecule has 0 spiro atoms. The van der Waals surface area contributed by atoms with Crippen molar-refractivity contribution in [3.8, 4) is 5.75 Å². The Kier molecular flexibility index (Phi) is 5.84. The van der Waals surface area contributed by atoms with Crippen molar-refractivity contribution >= 4 is 35.0 Å². The third-order valence-corrected chi connectivity index (χ3v) is 3.40. The molecule has 2 rings (SSSR count). The maximum atomic E-state index is 11.8. The Bertz CT molecular complexity index is 735. The van der Waals surface area contributed by atoms with Crippen LogP contribution in [-0.2, 0) is 4.79 Å². The standard InChI is InChI=1S/C16H14Cl2N2O3/c1-10-5-6-13(18)14(7-10)23-9-15(21)19-20-16(22)11-3-2-4-12(17)8-11/h2-8H,9H2,1H3,(H,19,21)(H,20,22). The highest BCUT2D eigenvalue weighted by Crippen LogP contribution is 2.24. The molecule has 0 aliphatic heterocycles. The molecule has 2 aromatic rings. The monoisotopic (exact) mass is 352 g/mol. The molecule has 7 heteroatoms. The molecule has 120 valence electrons. The van der Waals surface area contributed by atoms with Crippen LogP contribution in [0.3, 0.4) is 0 Å². The Morgan fingerprint density at radius 3 is 2.61 bits per heavy atom. The molecule has 2 N–H and O–H groups in total. The van der Waals surface area contributed by atoms with Crippen LogP contribution in [0.1, 0.15) is 15.9 Å². The average molecular weight is 353 g/mol. The number of rotatable bonds is 4. The van der Waals surface area contributed by atoms with E-state index in [1.54, 1.807) is 30.3 Å². The van der Waals surface area contributed by atoms with Crippen molar-refractivity contribution in [2.75, 3.05) is 6.61 Å². The lowest BCUT2D eigenvalue weighted by atomic mass is 10.2. The van der Waals surface area contributed by atoms with Crippen molar-refractivity contribution in [1.82, 2.24) is 10.9 Å². The molecule has 5 nitrogen and oxygen atoms in total. The summed E-state index contributed by atoms with van der Waals surface area (Å²) in [6.07, 6.45) is 0. The van der Waals surface area contributed by atoms with Crippen LogP contribution in [0.15, 0.2) is 42.5 Å². The van der Waals surface area contributed by atoms with E-state index in [2.05, 4.69) is 10.9 Å². The average Bonchev–Trinajstić information content (AvgIpc) is 2.53. The highest BCUT2D eigenvalue weighted by atomic mass is 35.5. The summed E-state index contributed by atoms with van der Waals surface area (Å²) >= 11 is 11.8. The Hall–Kier alpha value is -2.24. The molecule has 0 aliphatic rings. The molecule has 0 fully saturated rings. The lowest BCUT2D eigenvalue weighted by Gasteiger charge is -2.10. The van der Waals surface area contributed by atoms with E-state index in [4.69, 9.17) is 27.9 Å². The van der Waals surface area contributed by atoms with Gasteiger partial charge in [-0.2, -0.15) is 0 Å². The number of hydrogen-bond donors (Lipinski definition) is 2. The van der Waals surface area contributed by atoms with E-state index in [0.717, 1.165) is 5.56 Å². The van der Waals surface area contributed by atoms with Crippen LogP contribution in [0.2, 0.25) is 10.0 Å². The van der Waals surface area contributed by atoms with Gasteiger partial charge in [-0.3, -0.25) is 20.4 Å². The lowest BCUT2D eigenvalue weighted by Crippen LogP contribution is -2.43. The number of amides is 2. The first-order chi connectivity index (χ1) is 11.0. The van der Waals surface area contributed by atoms with Gasteiger partial charge in [-0.15, -0.1) is 0 Å². The number of ether oxygens (including phenoxy) is 1. The zero-order valence-electron chi connectivity index (χ0n) is 12.2. The van der Waals surface area contributed by atoms with Gasteiger partial charge in [0.15, 0.2) is 6.61 Å². The highest BCUT2D eigenvalue weighted by molar-refractivity contribution is 6.32. The second-order valence-corrected chi connectivity index (χ2v) is 5.58. The quantitative estimate of drug-likeness (QED) is 0.830. The van der Waals surface area contributed by atoms with Gasteiger partial charge in [0, 0.05) is 10.6 Å². The summed E-state index contributed by atoms with van der Waals surface area (Å²) in [4.78, 5) is 23.5. The maximum Gasteiger partial charge on any atom is 0.276 e. The van der Waals surface area contributed by atoms with Crippen molar-refractivity contribution in [2.24, 2.45) is 0 Å². The zero-order valence-corrected chi connectivity index (χ0v) is 13.7. The van der Waals surface area contributed by atoms with Crippen molar-refractivity contribution in [3.05, 3.63) is 63.6 Å². The minimum atomic E-state index is -0.516. The Balaban J connectivity index is 1.83. The molecule has 0 saturated carbocycles. The van der Waals surface area contributed by atoms with Crippen molar-refractivity contribution in [2.45, 2.75) is 6.92 Å². The smallest absolute Gasteiger partial charge is 0.276 e. The van der Waals surface area contributed by atoms with Crippen LogP contribution in [0.5, 0.6) is 5.75 Å². The normalized spacial score (nSPS) is 10.0. The molecule has 0 heterocycles. The number of nitrogens with one attached hydrogen (secondary N) is 2. The third-order valence-electron chi connectivity index (χ3n) is 2.85. The minimum absolute atomic E-state index is 0.279. The largest absolute Gasteiger partial charge is 0.482 e. The molecule has 0 atom stereocenters. The SMILES string of the molecule is Cc1ccc(Cl)c(OCC(=O)NNC(=O)c2cccc(Cl)c2)c1. The Labute approximate surface area is 143 Å². The lowest BCUT2D eigenvalue weighted by molar-refractivity contribution is -0.123. The first-order valence-electron chi connectivity index (χ1n) is 6.69. The Morgan fingerprint density at radius 2 is 1.87 bits per heavy atom. The summed E-state index contributed by atoms with van der Waals surface area (Å²) in [6.45, 7) is 1.60. The van der Waals surface area contributed by atoms with Crippen molar-refractivity contribution in [3.63, 3.8) is 0 Å². The van der Waals surface area contributed by atoms with Crippen LogP contribution in [0.25, 0.3) is 0 Å². The molecule has 2 aromatic carbocycles. The van der Waals surface area contributed by atoms with E-state index in [-0.39, 0.29) is 6.61 Å². The summed E-state index contributed by atoms with van der Waals surface area (Å²) in [5.41, 5.74) is 5.82. The number of benzene rings is 2. The highest BCUT2D eigenvalue weighted by Gasteiger charge is 2.09. The number of hydrazine groups is 1. The van der Waals surface area contributed by atoms with E-state index >= 15 is 0 Å². The molecular weight excluding hydrogens is 339 g/mol. The van der Waals surface area contributed by atoms with E-state index in [0.29, 0.717) is 21.4 Å². The van der Waals surface area contributed by atoms with Gasteiger partial charge in [0.25, 0.3) is 11.8 Å². The fourth-order valence-electron chi connectivity index (χ4n) is 1.73. The van der Waals surface area contributed by atoms with Gasteiger partial charge in [-0.1, -0.05) is 35.3 Å². The van der Waals surface area contributed by atoms with Crippen LogP contribution in [0.4, 0.5) is 0 Å². The fourth-order valence-corrected chi connectivity index (χ4v) is 2.09. The Morgan fingerprint density at radius 1 is 1.09 bits per heavy atom. The van der Waals surface area contributed by atoms with E-state index in [1.165, 1.54) is 6.07 Å². The van der Waals surface area contributed by atoms with Crippen LogP contribution in [-0.4, -0.2) is 18.4 Å². The van der Waals surface area contributed by atoms with Crippen LogP contribution in [0, 0.1) is 6.92 Å². The van der Waals surface area contributed by atoms with Gasteiger partial charge >= 0.3 is 0 Å². The number of carbonyl (C=O) groups excluding carboxylic acids is 2. The van der Waals surface area contributed by atoms with Gasteiger partial charge in [0.1, 0.15) is 5.75 Å². The molecule has 0 saturated heterocycles. The first-order valence-corrected chi connectivity index (χ1v) is 7.45. The molecule has 0 aromatic heterocycles. The number of aryl methyl sites for hydroxylation is 1. The van der Waals surface area contributed by atoms with Gasteiger partial charge in [0.05, 0.1) is 5.02 Å². The fraction of sp³-hybridized carbons (Fsp3) is 0.125. The van der Waals surface area contributed by atoms with Gasteiger partial charge in [-0.25, -0.2) is 0 Å². The van der Waals surface area contributed by atoms with E-state index < -0.39 is 11.8 Å². The predicted octanol–water partition coefficient (Wildman–Crippen LogP) is 3.14. The second-order valence-electron chi connectivity index (χ2n) is 4.74. The van der Waals surface area contributed by atoms with Crippen molar-refractivity contribution < 1.29 is 14.3 Å². The molecule has 0 unspecified atom stereocenters. The van der Waals surface area contributed by atoms with E-state index in [1.807, 2.05) is 13.0 Å². The molecule has 0 radical (unpaired) electrons. The van der Waals surface area contributed by atoms with Crippen LogP contribution >= 0.6 is 23.2 Å². The molecule has 0 aliphatic carbocycles. The summed E-state index contributed by atoms with van der Waals surface area (Å²) in [5.74, 6) is -0.588. The van der Waals surface area contributed by atoms with E-state index in [9.17, 15) is 9.59 Å². The van der Waals surface area contributed by atoms with Crippen LogP contribution < -0.4 is 15.6 Å². The van der Waals surface area contributed by atoms with Gasteiger partial charge < -0.3 is 4.74 Å². The number of hydrogen-bond acceptors (Lipinski definition) is 3. The maximum absolute atomic E-state index is 11.8. The number of carbonyl (C=O) groups is 2. The summed E-state index contributed by atoms with van der Waals surface area (Å²) < 4.78 is 5.32. The predicted molar refractivity (Wildman–Crippen MR) is 88.7 cm³/mol. The van der Waals surface area contributed by atoms with Gasteiger partial charge in [0.2, 0.25) is 0 Å². The first kappa shape index (κ1) is 17.1. The minimum Gasteiger partial charge on any atom is -0.482 e. The molecular formula is C16H14Cl2N2O3. The summed E-state index contributed by atoms with van der Waals surface area (Å²) in [5, 5.41) is 0.841. The summed E-state index contributed by atoms with van der Waals surface area (Å²) in [6, 6.07) is 11.6. The topological polar surface area (TPSA) is 67.4 Å². The van der Waals surface area contributed by atoms with Crippen molar-refractivity contribution in [1.29, 1.82) is 0 Å². The second kappa shape index (κ2) is 7.85. The van der Waals surface area contributed by atoms with Gasteiger partial charge in [-0.05, 0) is 42.8 Å². The zero-order chi connectivity index (χ0) is 16.8. The molecule has 2 amide bonds. The molecule has 0 bridgehead atoms. The third kappa shape index (κ3) is 5.16. The summed E-state index contributed by atoms with van der Waals surface area (Å²) in [7, 11) is 0.